The topological polar surface area (TPSA) is 60.3 Å². The molecule has 1 aromatic carbocycles. The highest BCUT2D eigenvalue weighted by Crippen LogP contribution is 2.29. The molecule has 2 unspecified atom stereocenters. The molecule has 1 aromatic heterocycles. The minimum Gasteiger partial charge on any atom is -0.497 e. The number of aryl methyl sites for hydroxylation is 1. The normalized spacial score (nSPS) is 17.8. The van der Waals surface area contributed by atoms with Gasteiger partial charge in [0.05, 0.1) is 19.9 Å². The number of fused-ring (bicyclic) bond motifs is 1. The minimum atomic E-state index is 0.201. The summed E-state index contributed by atoms with van der Waals surface area (Å²) in [6.07, 6.45) is 0. The van der Waals surface area contributed by atoms with Crippen LogP contribution in [0.1, 0.15) is 24.2 Å². The molecule has 24 heavy (non-hydrogen) atoms. The summed E-state index contributed by atoms with van der Waals surface area (Å²) in [4.78, 5) is 0. The Hall–Kier alpha value is -2.21. The Bertz CT molecular complexity index is 698. The third-order valence-corrected chi connectivity index (χ3v) is 4.52. The molecule has 1 aliphatic rings. The van der Waals surface area contributed by atoms with Gasteiger partial charge in [-0.3, -0.25) is 0 Å². The molecule has 3 rings (SSSR count). The number of methoxy groups -OCH3 is 2. The van der Waals surface area contributed by atoms with Crippen LogP contribution in [0.4, 0.5) is 5.82 Å². The van der Waals surface area contributed by atoms with Crippen molar-refractivity contribution in [2.45, 2.75) is 26.4 Å². The molecule has 0 spiro atoms. The summed E-state index contributed by atoms with van der Waals surface area (Å²) in [5.41, 5.74) is 2.19. The zero-order valence-corrected chi connectivity index (χ0v) is 14.8. The first-order chi connectivity index (χ1) is 11.6. The lowest BCUT2D eigenvalue weighted by Crippen LogP contribution is -2.36. The summed E-state index contributed by atoms with van der Waals surface area (Å²) in [6.45, 7) is 7.00. The molecular weight excluding hydrogens is 304 g/mol. The monoisotopic (exact) mass is 330 g/mol. The maximum atomic E-state index is 5.50. The molecule has 0 bridgehead atoms. The molecule has 6 nitrogen and oxygen atoms in total. The molecule has 2 N–H and O–H groups in total. The lowest BCUT2D eigenvalue weighted by molar-refractivity contribution is 0.364. The smallest absolute Gasteiger partial charge is 0.127 e. The highest BCUT2D eigenvalue weighted by atomic mass is 16.5. The summed E-state index contributed by atoms with van der Waals surface area (Å²) in [5.74, 6) is 3.28. The fraction of sp³-hybridized carbons (Fsp3) is 0.500. The van der Waals surface area contributed by atoms with Gasteiger partial charge >= 0.3 is 0 Å². The number of benzene rings is 1. The van der Waals surface area contributed by atoms with Gasteiger partial charge < -0.3 is 20.1 Å². The summed E-state index contributed by atoms with van der Waals surface area (Å²) in [7, 11) is 3.36. The van der Waals surface area contributed by atoms with Crippen LogP contribution in [0.5, 0.6) is 11.5 Å². The van der Waals surface area contributed by atoms with Crippen molar-refractivity contribution in [3.63, 3.8) is 0 Å². The maximum absolute atomic E-state index is 5.50. The van der Waals surface area contributed by atoms with E-state index in [1.54, 1.807) is 14.2 Å². The van der Waals surface area contributed by atoms with Gasteiger partial charge in [-0.1, -0.05) is 6.07 Å². The van der Waals surface area contributed by atoms with Gasteiger partial charge in [0.25, 0.3) is 0 Å². The van der Waals surface area contributed by atoms with Crippen molar-refractivity contribution >= 4 is 5.82 Å². The van der Waals surface area contributed by atoms with Crippen molar-refractivity contribution in [3.05, 3.63) is 35.5 Å². The van der Waals surface area contributed by atoms with E-state index in [1.807, 2.05) is 19.1 Å². The first-order valence-electron chi connectivity index (χ1n) is 8.34. The number of ether oxygens (including phenoxy) is 2. The predicted octanol–water partition coefficient (Wildman–Crippen LogP) is 2.60. The van der Waals surface area contributed by atoms with Crippen molar-refractivity contribution in [1.29, 1.82) is 0 Å². The average molecular weight is 330 g/mol. The Kier molecular flexibility index (Phi) is 4.94. The predicted molar refractivity (Wildman–Crippen MR) is 94.9 cm³/mol. The van der Waals surface area contributed by atoms with Gasteiger partial charge in [-0.05, 0) is 19.9 Å². The van der Waals surface area contributed by atoms with E-state index < -0.39 is 0 Å². The number of aromatic nitrogens is 2. The van der Waals surface area contributed by atoms with Crippen LogP contribution in [0.2, 0.25) is 0 Å². The summed E-state index contributed by atoms with van der Waals surface area (Å²) >= 11 is 0. The fourth-order valence-corrected chi connectivity index (χ4v) is 3.15. The molecule has 1 aliphatic heterocycles. The largest absolute Gasteiger partial charge is 0.497 e. The number of anilines is 1. The molecule has 0 radical (unpaired) electrons. The third-order valence-electron chi connectivity index (χ3n) is 4.52. The Balaban J connectivity index is 1.61. The Labute approximate surface area is 143 Å². The van der Waals surface area contributed by atoms with Crippen LogP contribution < -0.4 is 20.1 Å². The molecule has 2 aromatic rings. The first kappa shape index (κ1) is 16.6. The second-order valence-electron chi connectivity index (χ2n) is 6.34. The number of nitrogens with one attached hydrogen (secondary N) is 2. The lowest BCUT2D eigenvalue weighted by atomic mass is 10.0. The molecule has 0 saturated carbocycles. The summed E-state index contributed by atoms with van der Waals surface area (Å²) in [5, 5.41) is 11.6. The maximum Gasteiger partial charge on any atom is 0.127 e. The second kappa shape index (κ2) is 7.13. The quantitative estimate of drug-likeness (QED) is 0.852. The van der Waals surface area contributed by atoms with Crippen molar-refractivity contribution < 1.29 is 9.47 Å². The van der Waals surface area contributed by atoms with Crippen molar-refractivity contribution in [3.8, 4) is 11.5 Å². The molecule has 0 aliphatic carbocycles. The van der Waals surface area contributed by atoms with Crippen LogP contribution in [-0.4, -0.2) is 37.1 Å². The Morgan fingerprint density at radius 2 is 2.17 bits per heavy atom. The average Bonchev–Trinajstić information content (AvgIpc) is 2.98. The van der Waals surface area contributed by atoms with Crippen molar-refractivity contribution in [1.82, 2.24) is 15.1 Å². The van der Waals surface area contributed by atoms with Crippen LogP contribution in [0.15, 0.2) is 24.3 Å². The summed E-state index contributed by atoms with van der Waals surface area (Å²) < 4.78 is 12.8. The van der Waals surface area contributed by atoms with Gasteiger partial charge in [0.1, 0.15) is 17.3 Å². The molecule has 0 amide bonds. The number of rotatable bonds is 6. The minimum absolute atomic E-state index is 0.201. The number of hydrogen-bond acceptors (Lipinski definition) is 5. The first-order valence-corrected chi connectivity index (χ1v) is 8.34. The molecular formula is C18H26N4O2. The highest BCUT2D eigenvalue weighted by molar-refractivity contribution is 5.42. The third kappa shape index (κ3) is 3.48. The van der Waals surface area contributed by atoms with Crippen molar-refractivity contribution in [2.75, 3.05) is 32.6 Å². The van der Waals surface area contributed by atoms with E-state index in [1.165, 1.54) is 0 Å². The molecule has 2 atom stereocenters. The number of nitrogens with zero attached hydrogens (tertiary/aromatic N) is 2. The van der Waals surface area contributed by atoms with Crippen molar-refractivity contribution in [2.24, 2.45) is 5.92 Å². The van der Waals surface area contributed by atoms with E-state index in [0.717, 1.165) is 48.2 Å². The lowest BCUT2D eigenvalue weighted by Gasteiger charge is -2.27. The van der Waals surface area contributed by atoms with E-state index in [-0.39, 0.29) is 6.04 Å². The van der Waals surface area contributed by atoms with Gasteiger partial charge in [-0.2, -0.15) is 5.10 Å². The van der Waals surface area contributed by atoms with Crippen LogP contribution in [-0.2, 0) is 6.54 Å². The molecule has 6 heteroatoms. The fourth-order valence-electron chi connectivity index (χ4n) is 3.15. The van der Waals surface area contributed by atoms with Crippen LogP contribution in [0.25, 0.3) is 0 Å². The molecule has 0 saturated heterocycles. The van der Waals surface area contributed by atoms with Crippen LogP contribution in [0.3, 0.4) is 0 Å². The molecule has 2 heterocycles. The zero-order chi connectivity index (χ0) is 17.1. The van der Waals surface area contributed by atoms with Crippen LogP contribution >= 0.6 is 0 Å². The van der Waals surface area contributed by atoms with Gasteiger partial charge in [0.2, 0.25) is 0 Å². The van der Waals surface area contributed by atoms with Gasteiger partial charge in [-0.25, -0.2) is 4.68 Å². The SMILES string of the molecule is COc1ccc(C(C)NCC2CNc3cc(C)nn3C2)c(OC)c1. The highest BCUT2D eigenvalue weighted by Gasteiger charge is 2.20. The Morgan fingerprint density at radius 1 is 1.33 bits per heavy atom. The zero-order valence-electron chi connectivity index (χ0n) is 14.8. The summed E-state index contributed by atoms with van der Waals surface area (Å²) in [6, 6.07) is 8.25. The standard InChI is InChI=1S/C18H26N4O2/c1-12-7-18-20-10-14(11-22(18)21-12)9-19-13(2)16-6-5-15(23-3)8-17(16)24-4/h5-8,13-14,19-20H,9-11H2,1-4H3. The van der Waals surface area contributed by atoms with E-state index >= 15 is 0 Å². The second-order valence-corrected chi connectivity index (χ2v) is 6.34. The Morgan fingerprint density at radius 3 is 2.92 bits per heavy atom. The molecule has 130 valence electrons. The molecule has 0 fully saturated rings. The van der Waals surface area contributed by atoms with Gasteiger partial charge in [0, 0.05) is 49.3 Å². The van der Waals surface area contributed by atoms with E-state index in [4.69, 9.17) is 9.47 Å². The van der Waals surface area contributed by atoms with Gasteiger partial charge in [-0.15, -0.1) is 0 Å². The van der Waals surface area contributed by atoms with Gasteiger partial charge in [0.15, 0.2) is 0 Å². The van der Waals surface area contributed by atoms with E-state index in [2.05, 4.69) is 39.5 Å². The number of hydrogen-bond donors (Lipinski definition) is 2. The van der Waals surface area contributed by atoms with E-state index in [9.17, 15) is 0 Å². The van der Waals surface area contributed by atoms with E-state index in [0.29, 0.717) is 5.92 Å². The van der Waals surface area contributed by atoms with Crippen LogP contribution in [0, 0.1) is 12.8 Å².